The molecule has 0 N–H and O–H groups in total. The summed E-state index contributed by atoms with van der Waals surface area (Å²) in [5.41, 5.74) is 0.151. The topological polar surface area (TPSA) is 0 Å². The third kappa shape index (κ3) is 6.12. The third-order valence-corrected chi connectivity index (χ3v) is 27.0. The molecule has 1 heterocycles. The SMILES string of the molecule is CC1(CP(c2ccccc2)c2ccccc2)C[P+](c2ccccc2)(c2ccccc2)[BH2-][P+](c2ccccc2)(c2ccccc2)C1. The lowest BCUT2D eigenvalue weighted by atomic mass is 9.99. The van der Waals surface area contributed by atoms with Crippen molar-refractivity contribution in [2.24, 2.45) is 5.41 Å². The lowest BCUT2D eigenvalue weighted by molar-refractivity contribution is 0.494. The van der Waals surface area contributed by atoms with E-state index in [2.05, 4.69) is 189 Å². The molecule has 1 saturated heterocycles. The van der Waals surface area contributed by atoms with Gasteiger partial charge in [-0.25, -0.2) is 0 Å². The number of hydrogen-bond donors (Lipinski definition) is 0. The maximum absolute atomic E-state index is 2.68. The molecule has 0 aromatic heterocycles. The maximum atomic E-state index is 2.68. The van der Waals surface area contributed by atoms with Crippen LogP contribution >= 0.6 is 22.2 Å². The van der Waals surface area contributed by atoms with Crippen LogP contribution in [0.1, 0.15) is 6.92 Å². The van der Waals surface area contributed by atoms with E-state index in [1.807, 2.05) is 0 Å². The molecule has 6 aromatic rings. The van der Waals surface area contributed by atoms with Crippen LogP contribution in [0.25, 0.3) is 0 Å². The Morgan fingerprint density at radius 1 is 0.444 bits per heavy atom. The van der Waals surface area contributed by atoms with Gasteiger partial charge in [0.25, 0.3) is 0 Å². The quantitative estimate of drug-likeness (QED) is 0.120. The fourth-order valence-corrected chi connectivity index (χ4v) is 29.4. The Morgan fingerprint density at radius 2 is 0.711 bits per heavy atom. The molecular formula is C41H41BP3+. The number of benzene rings is 6. The average Bonchev–Trinajstić information content (AvgIpc) is 3.12. The Labute approximate surface area is 272 Å². The second-order valence-corrected chi connectivity index (χ2v) is 24.6. The smallest absolute Gasteiger partial charge is 0.0622 e. The molecule has 6 aromatic carbocycles. The van der Waals surface area contributed by atoms with E-state index >= 15 is 0 Å². The fraction of sp³-hybridized carbons (Fsp3) is 0.122. The van der Waals surface area contributed by atoms with Crippen molar-refractivity contribution in [2.45, 2.75) is 6.92 Å². The summed E-state index contributed by atoms with van der Waals surface area (Å²) in [6, 6.07) is 69.8. The zero-order valence-corrected chi connectivity index (χ0v) is 29.0. The van der Waals surface area contributed by atoms with Crippen LogP contribution in [0.2, 0.25) is 0 Å². The van der Waals surface area contributed by atoms with E-state index in [1.54, 1.807) is 21.2 Å². The predicted octanol–water partition coefficient (Wildman–Crippen LogP) is 7.48. The van der Waals surface area contributed by atoms with Crippen molar-refractivity contribution in [1.29, 1.82) is 0 Å². The maximum Gasteiger partial charge on any atom is 0.315 e. The number of hydrogen-bond acceptors (Lipinski definition) is 0. The molecule has 0 amide bonds. The van der Waals surface area contributed by atoms with Crippen molar-refractivity contribution in [2.75, 3.05) is 18.5 Å². The molecule has 4 heteroatoms. The van der Waals surface area contributed by atoms with Gasteiger partial charge in [0.1, 0.15) is 0 Å². The third-order valence-electron chi connectivity index (χ3n) is 10.1. The van der Waals surface area contributed by atoms with Gasteiger partial charge in [-0.15, -0.1) is 0 Å². The largest absolute Gasteiger partial charge is 0.315 e. The highest BCUT2D eigenvalue weighted by atomic mass is 31.2. The van der Waals surface area contributed by atoms with Crippen LogP contribution < -0.4 is 31.8 Å². The van der Waals surface area contributed by atoms with Gasteiger partial charge in [0, 0.05) is 17.7 Å². The standard InChI is InChI=1S/C41H41BP3/c1-41(32-43(35-20-8-2-9-21-35)36-22-10-3-11-23-36)33-44(37-24-12-4-13-25-37,38-26-14-5-15-27-38)42-45(34-41,39-28-16-6-17-29-39)40-30-18-7-19-31-40/h2-31H,32-34,42H2,1H3/q+1. The summed E-state index contributed by atoms with van der Waals surface area (Å²) >= 11 is 0. The van der Waals surface area contributed by atoms with Gasteiger partial charge in [0.05, 0.1) is 21.2 Å². The van der Waals surface area contributed by atoms with Crippen LogP contribution in [0.3, 0.4) is 0 Å². The van der Waals surface area contributed by atoms with E-state index < -0.39 is 28.9 Å². The summed E-state index contributed by atoms with van der Waals surface area (Å²) in [4.78, 5) is 0. The van der Waals surface area contributed by atoms with Crippen molar-refractivity contribution >= 4 is 60.7 Å². The van der Waals surface area contributed by atoms with Crippen molar-refractivity contribution < 1.29 is 0 Å². The van der Waals surface area contributed by atoms with Crippen LogP contribution in [0, 0.1) is 5.41 Å². The van der Waals surface area contributed by atoms with E-state index in [1.165, 1.54) is 29.1 Å². The van der Waals surface area contributed by atoms with Crippen LogP contribution in [0.4, 0.5) is 0 Å². The van der Waals surface area contributed by atoms with Gasteiger partial charge in [0.15, 0.2) is 0 Å². The lowest BCUT2D eigenvalue weighted by Crippen LogP contribution is -2.50. The van der Waals surface area contributed by atoms with E-state index in [9.17, 15) is 0 Å². The first-order chi connectivity index (χ1) is 22.1. The van der Waals surface area contributed by atoms with Gasteiger partial charge in [0.2, 0.25) is 0 Å². The molecule has 7 rings (SSSR count). The van der Waals surface area contributed by atoms with E-state index in [0.717, 1.165) is 0 Å². The molecule has 1 fully saturated rings. The van der Waals surface area contributed by atoms with Gasteiger partial charge in [-0.05, 0) is 87.5 Å². The number of rotatable bonds is 8. The van der Waals surface area contributed by atoms with Crippen LogP contribution in [-0.2, 0) is 0 Å². The molecule has 0 unspecified atom stereocenters. The summed E-state index contributed by atoms with van der Waals surface area (Å²) < 4.78 is 0. The van der Waals surface area contributed by atoms with E-state index in [4.69, 9.17) is 0 Å². The first-order valence-electron chi connectivity index (χ1n) is 16.2. The van der Waals surface area contributed by atoms with E-state index in [0.29, 0.717) is 0 Å². The lowest BCUT2D eigenvalue weighted by Gasteiger charge is -2.52. The second-order valence-electron chi connectivity index (χ2n) is 13.3. The minimum Gasteiger partial charge on any atom is -0.0622 e. The van der Waals surface area contributed by atoms with Gasteiger partial charge < -0.3 is 0 Å². The second kappa shape index (κ2) is 13.2. The fourth-order valence-electron chi connectivity index (χ4n) is 8.48. The minimum atomic E-state index is -1.72. The molecule has 0 radical (unpaired) electrons. The Balaban J connectivity index is 1.49. The highest BCUT2D eigenvalue weighted by Gasteiger charge is 2.61. The Kier molecular flexibility index (Phi) is 8.89. The molecule has 0 spiro atoms. The first-order valence-corrected chi connectivity index (χ1v) is 22.6. The summed E-state index contributed by atoms with van der Waals surface area (Å²) in [5, 5.41) is 9.44. The molecule has 45 heavy (non-hydrogen) atoms. The van der Waals surface area contributed by atoms with Crippen LogP contribution in [-0.4, -0.2) is 25.2 Å². The van der Waals surface area contributed by atoms with Crippen molar-refractivity contribution in [3.8, 4) is 0 Å². The molecule has 0 bridgehead atoms. The van der Waals surface area contributed by atoms with Gasteiger partial charge in [-0.2, -0.15) is 0 Å². The summed E-state index contributed by atoms with van der Waals surface area (Å²) in [7, 11) is -3.98. The minimum absolute atomic E-state index is 0.151. The van der Waals surface area contributed by atoms with Crippen molar-refractivity contribution in [3.05, 3.63) is 182 Å². The molecule has 1 aliphatic heterocycles. The first kappa shape index (κ1) is 30.3. The molecule has 0 nitrogen and oxygen atoms in total. The van der Waals surface area contributed by atoms with Crippen LogP contribution in [0.15, 0.2) is 182 Å². The highest BCUT2D eigenvalue weighted by molar-refractivity contribution is 8.37. The molecule has 0 atom stereocenters. The summed E-state index contributed by atoms with van der Waals surface area (Å²) in [6.07, 6.45) is 3.77. The molecule has 0 saturated carbocycles. The summed E-state index contributed by atoms with van der Waals surface area (Å²) in [6.45, 7) is 2.20. The van der Waals surface area contributed by atoms with Crippen molar-refractivity contribution in [1.82, 2.24) is 0 Å². The molecule has 222 valence electrons. The normalized spacial score (nSPS) is 16.7. The molecule has 1 aliphatic rings. The highest BCUT2D eigenvalue weighted by Crippen LogP contribution is 2.77. The molecular weight excluding hydrogens is 596 g/mol. The Morgan fingerprint density at radius 3 is 1.00 bits per heavy atom. The predicted molar refractivity (Wildman–Crippen MR) is 208 cm³/mol. The van der Waals surface area contributed by atoms with Crippen LogP contribution in [0.5, 0.6) is 0 Å². The van der Waals surface area contributed by atoms with Gasteiger partial charge in [-0.1, -0.05) is 140 Å². The van der Waals surface area contributed by atoms with Gasteiger partial charge in [-0.3, -0.25) is 0 Å². The average molecular weight is 638 g/mol. The Bertz CT molecular complexity index is 1590. The zero-order valence-electron chi connectivity index (χ0n) is 26.3. The van der Waals surface area contributed by atoms with Crippen molar-refractivity contribution in [3.63, 3.8) is 0 Å². The van der Waals surface area contributed by atoms with E-state index in [-0.39, 0.29) is 5.41 Å². The summed E-state index contributed by atoms with van der Waals surface area (Å²) in [5.74, 6) is 0. The monoisotopic (exact) mass is 637 g/mol. The zero-order chi connectivity index (χ0) is 30.6. The Hall–Kier alpha value is -3.33. The van der Waals surface area contributed by atoms with Gasteiger partial charge >= 0.3 is 6.72 Å². The molecule has 0 aliphatic carbocycles.